The van der Waals surface area contributed by atoms with Gasteiger partial charge in [-0.15, -0.1) is 0 Å². The van der Waals surface area contributed by atoms with Gasteiger partial charge in [-0.25, -0.2) is 8.78 Å². The van der Waals surface area contributed by atoms with E-state index in [0.717, 1.165) is 32.3 Å². The highest BCUT2D eigenvalue weighted by molar-refractivity contribution is 5.28. The molecule has 5 heteroatoms. The topological polar surface area (TPSA) is 27.7 Å². The molecule has 0 radical (unpaired) electrons. The Morgan fingerprint density at radius 3 is 2.30 bits per heavy atom. The summed E-state index contributed by atoms with van der Waals surface area (Å²) >= 11 is 0. The molecule has 30 heavy (non-hydrogen) atoms. The molecule has 0 spiro atoms. The fraction of sp³-hybridized carbons (Fsp3) is 0.760. The summed E-state index contributed by atoms with van der Waals surface area (Å²) in [5, 5.41) is 0. The summed E-state index contributed by atoms with van der Waals surface area (Å²) in [7, 11) is 1.34. The Balaban J connectivity index is 0.00000407. The minimum Gasteiger partial charge on any atom is -0.498 e. The van der Waals surface area contributed by atoms with E-state index >= 15 is 0 Å². The van der Waals surface area contributed by atoms with Crippen molar-refractivity contribution < 1.29 is 23.0 Å². The summed E-state index contributed by atoms with van der Waals surface area (Å²) in [4.78, 5) is 0. The van der Waals surface area contributed by atoms with Crippen molar-refractivity contribution in [2.45, 2.75) is 92.8 Å². The highest BCUT2D eigenvalue weighted by atomic mass is 19.2. The lowest BCUT2D eigenvalue weighted by atomic mass is 9.92. The van der Waals surface area contributed by atoms with Crippen LogP contribution >= 0.6 is 0 Å². The molecule has 1 aliphatic rings. The quantitative estimate of drug-likeness (QED) is 0.191. The van der Waals surface area contributed by atoms with Gasteiger partial charge in [0.2, 0.25) is 0 Å². The van der Waals surface area contributed by atoms with Crippen LogP contribution in [-0.2, 0) is 14.2 Å². The Morgan fingerprint density at radius 2 is 1.80 bits per heavy atom. The molecule has 176 valence electrons. The first-order valence-corrected chi connectivity index (χ1v) is 11.5. The Hall–Kier alpha value is -1.20. The molecule has 4 atom stereocenters. The first-order chi connectivity index (χ1) is 14.3. The van der Waals surface area contributed by atoms with Crippen LogP contribution in [-0.4, -0.2) is 32.5 Å². The second-order valence-corrected chi connectivity index (χ2v) is 7.71. The summed E-state index contributed by atoms with van der Waals surface area (Å²) in [6.07, 6.45) is 8.63. The molecule has 0 bridgehead atoms. The van der Waals surface area contributed by atoms with E-state index in [0.29, 0.717) is 24.5 Å². The summed E-state index contributed by atoms with van der Waals surface area (Å²) in [6, 6.07) is 0. The SMILES string of the molecule is C/C=C/C1CCC(COC(C)CCC(C)/C(CC)=C(F)/C(F)=C(\C)OC)OC1.CC. The first kappa shape index (κ1) is 28.8. The van der Waals surface area contributed by atoms with E-state index < -0.39 is 11.7 Å². The fourth-order valence-corrected chi connectivity index (χ4v) is 3.50. The average molecular weight is 431 g/mol. The third-order valence-electron chi connectivity index (χ3n) is 5.51. The zero-order valence-electron chi connectivity index (χ0n) is 20.4. The van der Waals surface area contributed by atoms with Gasteiger partial charge < -0.3 is 14.2 Å². The largest absolute Gasteiger partial charge is 0.498 e. The van der Waals surface area contributed by atoms with Crippen LogP contribution in [0.25, 0.3) is 0 Å². The second kappa shape index (κ2) is 16.5. The van der Waals surface area contributed by atoms with Crippen molar-refractivity contribution in [3.63, 3.8) is 0 Å². The molecule has 0 N–H and O–H groups in total. The van der Waals surface area contributed by atoms with E-state index in [1.807, 2.05) is 41.5 Å². The van der Waals surface area contributed by atoms with Crippen LogP contribution in [0.15, 0.2) is 35.1 Å². The molecule has 4 unspecified atom stereocenters. The number of ether oxygens (including phenoxy) is 3. The normalized spacial score (nSPS) is 23.1. The number of allylic oxidation sites excluding steroid dienone is 5. The number of hydrogen-bond acceptors (Lipinski definition) is 3. The molecular formula is C25H44F2O3. The fourth-order valence-electron chi connectivity index (χ4n) is 3.50. The zero-order valence-corrected chi connectivity index (χ0v) is 20.4. The van der Waals surface area contributed by atoms with Crippen LogP contribution in [0.2, 0.25) is 0 Å². The first-order valence-electron chi connectivity index (χ1n) is 11.5. The average Bonchev–Trinajstić information content (AvgIpc) is 2.78. The summed E-state index contributed by atoms with van der Waals surface area (Å²) in [5.74, 6) is -1.25. The summed E-state index contributed by atoms with van der Waals surface area (Å²) in [6.45, 7) is 14.6. The molecular weight excluding hydrogens is 386 g/mol. The molecule has 3 nitrogen and oxygen atoms in total. The predicted molar refractivity (Wildman–Crippen MR) is 122 cm³/mol. The standard InChI is InChI=1S/C23H38F2O3.C2H6/c1-7-9-19-12-13-20(28-14-19)15-27-17(4)11-10-16(3)21(8-2)23(25)22(24)18(5)26-6;1-2/h7,9,16-17,19-20H,8,10-15H2,1-6H3;1-2H3/b9-7+,22-18-,23-21-;. The molecule has 0 amide bonds. The van der Waals surface area contributed by atoms with Crippen LogP contribution in [0.4, 0.5) is 8.78 Å². The molecule has 0 aliphatic carbocycles. The van der Waals surface area contributed by atoms with Gasteiger partial charge in [-0.3, -0.25) is 0 Å². The van der Waals surface area contributed by atoms with Crippen molar-refractivity contribution in [1.29, 1.82) is 0 Å². The van der Waals surface area contributed by atoms with E-state index in [1.165, 1.54) is 14.0 Å². The molecule has 0 aromatic heterocycles. The van der Waals surface area contributed by atoms with Gasteiger partial charge >= 0.3 is 0 Å². The van der Waals surface area contributed by atoms with E-state index in [1.54, 1.807) is 0 Å². The molecule has 1 saturated heterocycles. The minimum atomic E-state index is -0.902. The lowest BCUT2D eigenvalue weighted by Crippen LogP contribution is -2.30. The highest BCUT2D eigenvalue weighted by Gasteiger charge is 2.22. The molecule has 1 aliphatic heterocycles. The van der Waals surface area contributed by atoms with Gasteiger partial charge in [-0.2, -0.15) is 0 Å². The van der Waals surface area contributed by atoms with Gasteiger partial charge in [0, 0.05) is 5.92 Å². The minimum absolute atomic E-state index is 0.0310. The van der Waals surface area contributed by atoms with Crippen LogP contribution in [0.3, 0.4) is 0 Å². The van der Waals surface area contributed by atoms with Gasteiger partial charge in [0.1, 0.15) is 5.76 Å². The van der Waals surface area contributed by atoms with Gasteiger partial charge in [0.15, 0.2) is 11.7 Å². The summed E-state index contributed by atoms with van der Waals surface area (Å²) < 4.78 is 45.2. The van der Waals surface area contributed by atoms with Gasteiger partial charge in [0.05, 0.1) is 32.5 Å². The third kappa shape index (κ3) is 10.2. The maximum absolute atomic E-state index is 14.5. The third-order valence-corrected chi connectivity index (χ3v) is 5.51. The van der Waals surface area contributed by atoms with Crippen molar-refractivity contribution >= 4 is 0 Å². The van der Waals surface area contributed by atoms with Crippen molar-refractivity contribution in [2.24, 2.45) is 11.8 Å². The van der Waals surface area contributed by atoms with Crippen molar-refractivity contribution in [3.05, 3.63) is 35.1 Å². The van der Waals surface area contributed by atoms with Crippen molar-refractivity contribution in [3.8, 4) is 0 Å². The second-order valence-electron chi connectivity index (χ2n) is 7.71. The maximum Gasteiger partial charge on any atom is 0.195 e. The van der Waals surface area contributed by atoms with E-state index in [-0.39, 0.29) is 23.9 Å². The Labute approximate surface area is 183 Å². The molecule has 1 fully saturated rings. The lowest BCUT2D eigenvalue weighted by Gasteiger charge is -2.28. The zero-order chi connectivity index (χ0) is 23.1. The Morgan fingerprint density at radius 1 is 1.13 bits per heavy atom. The molecule has 0 saturated carbocycles. The molecule has 1 rings (SSSR count). The maximum atomic E-state index is 14.5. The van der Waals surface area contributed by atoms with Crippen LogP contribution in [0.1, 0.15) is 80.6 Å². The Bertz CT molecular complexity index is 547. The molecule has 0 aromatic rings. The lowest BCUT2D eigenvalue weighted by molar-refractivity contribution is -0.0709. The van der Waals surface area contributed by atoms with E-state index in [2.05, 4.69) is 12.2 Å². The molecule has 1 heterocycles. The monoisotopic (exact) mass is 430 g/mol. The highest BCUT2D eigenvalue weighted by Crippen LogP contribution is 2.31. The van der Waals surface area contributed by atoms with Crippen LogP contribution in [0.5, 0.6) is 0 Å². The smallest absolute Gasteiger partial charge is 0.195 e. The summed E-state index contributed by atoms with van der Waals surface area (Å²) in [5.41, 5.74) is 0.492. The number of methoxy groups -OCH3 is 1. The van der Waals surface area contributed by atoms with E-state index in [4.69, 9.17) is 14.2 Å². The van der Waals surface area contributed by atoms with Crippen LogP contribution < -0.4 is 0 Å². The number of hydrogen-bond donors (Lipinski definition) is 0. The van der Waals surface area contributed by atoms with E-state index in [9.17, 15) is 8.78 Å². The van der Waals surface area contributed by atoms with Gasteiger partial charge in [-0.05, 0) is 64.4 Å². The Kier molecular flexibility index (Phi) is 15.8. The van der Waals surface area contributed by atoms with Gasteiger partial charge in [0.25, 0.3) is 0 Å². The number of halogens is 2. The predicted octanol–water partition coefficient (Wildman–Crippen LogP) is 7.69. The van der Waals surface area contributed by atoms with Crippen molar-refractivity contribution in [2.75, 3.05) is 20.3 Å². The van der Waals surface area contributed by atoms with Gasteiger partial charge in [-0.1, -0.05) is 39.8 Å². The molecule has 0 aromatic carbocycles. The number of rotatable bonds is 11. The van der Waals surface area contributed by atoms with Crippen molar-refractivity contribution in [1.82, 2.24) is 0 Å². The van der Waals surface area contributed by atoms with Crippen LogP contribution in [0, 0.1) is 11.8 Å².